The third-order valence-corrected chi connectivity index (χ3v) is 2.26. The van der Waals surface area contributed by atoms with Crippen LogP contribution in [0.1, 0.15) is 12.5 Å². The van der Waals surface area contributed by atoms with Crippen molar-refractivity contribution in [1.29, 1.82) is 0 Å². The molecule has 3 heteroatoms. The maximum atomic E-state index is 5.93. The molecule has 0 radical (unpaired) electrons. The Morgan fingerprint density at radius 2 is 2.00 bits per heavy atom. The molecule has 0 saturated heterocycles. The number of benzene rings is 1. The number of hydrogen-bond donors (Lipinski definition) is 0. The van der Waals surface area contributed by atoms with Gasteiger partial charge in [-0.05, 0) is 31.0 Å². The van der Waals surface area contributed by atoms with Gasteiger partial charge in [-0.3, -0.25) is 0 Å². The van der Waals surface area contributed by atoms with E-state index in [1.807, 2.05) is 19.1 Å². The van der Waals surface area contributed by atoms with Gasteiger partial charge in [0.05, 0.1) is 0 Å². The molecule has 0 aliphatic heterocycles. The summed E-state index contributed by atoms with van der Waals surface area (Å²) in [5.41, 5.74) is 1.04. The zero-order valence-electron chi connectivity index (χ0n) is 6.65. The highest BCUT2D eigenvalue weighted by Gasteiger charge is 2.04. The van der Waals surface area contributed by atoms with Crippen LogP contribution in [0.5, 0.6) is 0 Å². The molecule has 0 saturated carbocycles. The molecule has 0 aliphatic rings. The van der Waals surface area contributed by atoms with Crippen molar-refractivity contribution in [3.63, 3.8) is 0 Å². The van der Waals surface area contributed by atoms with Crippen molar-refractivity contribution < 1.29 is 0 Å². The van der Waals surface area contributed by atoms with Crippen molar-refractivity contribution in [1.82, 2.24) is 0 Å². The molecule has 0 N–H and O–H groups in total. The Kier molecular flexibility index (Phi) is 3.70. The van der Waals surface area contributed by atoms with E-state index in [-0.39, 0.29) is 5.38 Å². The van der Waals surface area contributed by atoms with Crippen molar-refractivity contribution in [2.24, 2.45) is 0 Å². The minimum absolute atomic E-state index is 0.101. The maximum absolute atomic E-state index is 5.93. The maximum Gasteiger partial charge on any atom is 0.0453 e. The Balaban J connectivity index is 2.86. The van der Waals surface area contributed by atoms with E-state index in [1.165, 1.54) is 0 Å². The average molecular weight is 224 g/mol. The van der Waals surface area contributed by atoms with E-state index in [0.717, 1.165) is 12.0 Å². The van der Waals surface area contributed by atoms with Gasteiger partial charge < -0.3 is 0 Å². The summed E-state index contributed by atoms with van der Waals surface area (Å²) >= 11 is 17.5. The second-order valence-electron chi connectivity index (χ2n) is 2.72. The molecule has 0 bridgehead atoms. The number of rotatable bonds is 2. The highest BCUT2D eigenvalue weighted by atomic mass is 35.5. The van der Waals surface area contributed by atoms with Crippen LogP contribution in [0.15, 0.2) is 18.2 Å². The molecular weight excluding hydrogens is 214 g/mol. The molecule has 0 fully saturated rings. The lowest BCUT2D eigenvalue weighted by molar-refractivity contribution is 0.932. The minimum Gasteiger partial charge on any atom is -0.123 e. The van der Waals surface area contributed by atoms with E-state index in [1.54, 1.807) is 6.07 Å². The standard InChI is InChI=1S/C9H9Cl3/c1-6(10)4-7-2-3-8(11)5-9(7)12/h2-3,5-6H,4H2,1H3. The van der Waals surface area contributed by atoms with Gasteiger partial charge in [0, 0.05) is 15.4 Å². The van der Waals surface area contributed by atoms with Crippen molar-refractivity contribution in [3.8, 4) is 0 Å². The molecule has 12 heavy (non-hydrogen) atoms. The molecule has 1 atom stereocenters. The van der Waals surface area contributed by atoms with E-state index in [4.69, 9.17) is 34.8 Å². The normalized spacial score (nSPS) is 13.0. The quantitative estimate of drug-likeness (QED) is 0.661. The summed E-state index contributed by atoms with van der Waals surface area (Å²) in [5, 5.41) is 1.45. The SMILES string of the molecule is CC(Cl)Cc1ccc(Cl)cc1Cl. The zero-order valence-corrected chi connectivity index (χ0v) is 8.92. The fourth-order valence-corrected chi connectivity index (χ4v) is 1.64. The smallest absolute Gasteiger partial charge is 0.0453 e. The van der Waals surface area contributed by atoms with Gasteiger partial charge in [-0.15, -0.1) is 11.6 Å². The summed E-state index contributed by atoms with van der Waals surface area (Å²) in [6, 6.07) is 5.46. The second kappa shape index (κ2) is 4.36. The van der Waals surface area contributed by atoms with Gasteiger partial charge in [0.25, 0.3) is 0 Å². The summed E-state index contributed by atoms with van der Waals surface area (Å²) in [6.07, 6.45) is 0.775. The van der Waals surface area contributed by atoms with Crippen molar-refractivity contribution in [3.05, 3.63) is 33.8 Å². The lowest BCUT2D eigenvalue weighted by atomic mass is 10.1. The van der Waals surface area contributed by atoms with E-state index in [9.17, 15) is 0 Å². The number of alkyl halides is 1. The number of hydrogen-bond acceptors (Lipinski definition) is 0. The van der Waals surface area contributed by atoms with Crippen LogP contribution < -0.4 is 0 Å². The predicted molar refractivity (Wildman–Crippen MR) is 55.5 cm³/mol. The molecule has 0 nitrogen and oxygen atoms in total. The average Bonchev–Trinajstić information content (AvgIpc) is 1.94. The Labute approximate surface area is 87.4 Å². The minimum atomic E-state index is 0.101. The van der Waals surface area contributed by atoms with Crippen LogP contribution in [0.4, 0.5) is 0 Å². The molecule has 1 aromatic rings. The van der Waals surface area contributed by atoms with Crippen LogP contribution in [-0.2, 0) is 6.42 Å². The first kappa shape index (κ1) is 10.2. The summed E-state index contributed by atoms with van der Waals surface area (Å²) in [6.45, 7) is 1.94. The van der Waals surface area contributed by atoms with E-state index < -0.39 is 0 Å². The van der Waals surface area contributed by atoms with E-state index >= 15 is 0 Å². The van der Waals surface area contributed by atoms with Crippen LogP contribution in [0, 0.1) is 0 Å². The predicted octanol–water partition coefficient (Wildman–Crippen LogP) is 4.16. The molecule has 0 aliphatic carbocycles. The van der Waals surface area contributed by atoms with Crippen LogP contribution in [0.2, 0.25) is 10.0 Å². The van der Waals surface area contributed by atoms with E-state index in [0.29, 0.717) is 10.0 Å². The van der Waals surface area contributed by atoms with Gasteiger partial charge >= 0.3 is 0 Å². The lowest BCUT2D eigenvalue weighted by Crippen LogP contribution is -1.97. The molecule has 0 spiro atoms. The Morgan fingerprint density at radius 1 is 1.33 bits per heavy atom. The van der Waals surface area contributed by atoms with Crippen LogP contribution in [-0.4, -0.2) is 5.38 Å². The Morgan fingerprint density at radius 3 is 2.50 bits per heavy atom. The molecule has 1 rings (SSSR count). The highest BCUT2D eigenvalue weighted by Crippen LogP contribution is 2.22. The molecule has 66 valence electrons. The second-order valence-corrected chi connectivity index (χ2v) is 4.31. The van der Waals surface area contributed by atoms with Crippen molar-refractivity contribution in [2.75, 3.05) is 0 Å². The molecule has 0 aromatic heterocycles. The Hall–Kier alpha value is 0.0900. The molecule has 0 amide bonds. The first-order valence-corrected chi connectivity index (χ1v) is 4.87. The van der Waals surface area contributed by atoms with Crippen molar-refractivity contribution in [2.45, 2.75) is 18.7 Å². The highest BCUT2D eigenvalue weighted by molar-refractivity contribution is 6.35. The van der Waals surface area contributed by atoms with E-state index in [2.05, 4.69) is 0 Å². The first-order chi connectivity index (χ1) is 5.59. The first-order valence-electron chi connectivity index (χ1n) is 3.67. The fourth-order valence-electron chi connectivity index (χ4n) is 0.990. The topological polar surface area (TPSA) is 0 Å². The lowest BCUT2D eigenvalue weighted by Gasteiger charge is -2.05. The summed E-state index contributed by atoms with van der Waals surface area (Å²) < 4.78 is 0. The third-order valence-electron chi connectivity index (χ3n) is 1.52. The summed E-state index contributed by atoms with van der Waals surface area (Å²) in [4.78, 5) is 0. The van der Waals surface area contributed by atoms with Gasteiger partial charge in [0.1, 0.15) is 0 Å². The van der Waals surface area contributed by atoms with Gasteiger partial charge in [0.15, 0.2) is 0 Å². The van der Waals surface area contributed by atoms with Crippen molar-refractivity contribution >= 4 is 34.8 Å². The molecular formula is C9H9Cl3. The van der Waals surface area contributed by atoms with Crippen LogP contribution in [0.3, 0.4) is 0 Å². The van der Waals surface area contributed by atoms with Crippen LogP contribution in [0.25, 0.3) is 0 Å². The zero-order chi connectivity index (χ0) is 9.14. The summed E-state index contributed by atoms with van der Waals surface area (Å²) in [5.74, 6) is 0. The largest absolute Gasteiger partial charge is 0.123 e. The third kappa shape index (κ3) is 2.85. The molecule has 0 heterocycles. The van der Waals surface area contributed by atoms with Crippen LogP contribution >= 0.6 is 34.8 Å². The Bertz CT molecular complexity index is 268. The monoisotopic (exact) mass is 222 g/mol. The summed E-state index contributed by atoms with van der Waals surface area (Å²) in [7, 11) is 0. The molecule has 1 unspecified atom stereocenters. The fraction of sp³-hybridized carbons (Fsp3) is 0.333. The van der Waals surface area contributed by atoms with Gasteiger partial charge in [-0.25, -0.2) is 0 Å². The van der Waals surface area contributed by atoms with Gasteiger partial charge in [-0.2, -0.15) is 0 Å². The number of halogens is 3. The van der Waals surface area contributed by atoms with Gasteiger partial charge in [0.2, 0.25) is 0 Å². The molecule has 1 aromatic carbocycles. The van der Waals surface area contributed by atoms with Gasteiger partial charge in [-0.1, -0.05) is 29.3 Å².